The van der Waals surface area contributed by atoms with E-state index < -0.39 is 17.7 Å². The molecule has 8 heteroatoms. The van der Waals surface area contributed by atoms with Gasteiger partial charge in [0.25, 0.3) is 5.91 Å². The summed E-state index contributed by atoms with van der Waals surface area (Å²) in [6.07, 6.45) is 2.85. The zero-order valence-electron chi connectivity index (χ0n) is 16.4. The number of halogens is 1. The fourth-order valence-corrected chi connectivity index (χ4v) is 2.63. The highest BCUT2D eigenvalue weighted by molar-refractivity contribution is 6.01. The highest BCUT2D eigenvalue weighted by Gasteiger charge is 2.16. The molecule has 3 rings (SSSR count). The number of furan rings is 1. The molecule has 1 aromatic heterocycles. The number of nitrogens with zero attached hydrogens (tertiary/aromatic N) is 1. The third kappa shape index (κ3) is 5.36. The van der Waals surface area contributed by atoms with Crippen molar-refractivity contribution in [3.05, 3.63) is 89.1 Å². The van der Waals surface area contributed by atoms with Gasteiger partial charge in [-0.25, -0.2) is 9.18 Å². The second kappa shape index (κ2) is 9.89. The first kappa shape index (κ1) is 21.3. The summed E-state index contributed by atoms with van der Waals surface area (Å²) in [5.41, 5.74) is 0.116. The van der Waals surface area contributed by atoms with Crippen LogP contribution in [0.3, 0.4) is 0 Å². The Morgan fingerprint density at radius 1 is 1.16 bits per heavy atom. The molecule has 0 unspecified atom stereocenters. The van der Waals surface area contributed by atoms with Gasteiger partial charge in [-0.05, 0) is 48.0 Å². The van der Waals surface area contributed by atoms with Crippen molar-refractivity contribution in [3.8, 4) is 17.6 Å². The predicted octanol–water partition coefficient (Wildman–Crippen LogP) is 3.87. The van der Waals surface area contributed by atoms with Crippen molar-refractivity contribution in [1.82, 2.24) is 5.32 Å². The Labute approximate surface area is 177 Å². The summed E-state index contributed by atoms with van der Waals surface area (Å²) in [6, 6.07) is 15.1. The van der Waals surface area contributed by atoms with Crippen LogP contribution in [0.15, 0.2) is 70.9 Å². The van der Waals surface area contributed by atoms with Crippen molar-refractivity contribution in [3.63, 3.8) is 0 Å². The van der Waals surface area contributed by atoms with Crippen LogP contribution in [0, 0.1) is 17.1 Å². The van der Waals surface area contributed by atoms with Crippen molar-refractivity contribution in [2.75, 3.05) is 7.11 Å². The third-order valence-electron chi connectivity index (χ3n) is 4.16. The number of methoxy groups -OCH3 is 1. The van der Waals surface area contributed by atoms with Crippen molar-refractivity contribution in [2.45, 2.75) is 6.54 Å². The molecular weight excluding hydrogens is 403 g/mol. The van der Waals surface area contributed by atoms with Gasteiger partial charge in [0.2, 0.25) is 0 Å². The standard InChI is InChI=1S/C23H17FN2O5/c1-29-21-12-15(11-16(13-25)22(27)26-14-17-5-4-10-30-17)8-9-20(21)31-23(28)18-6-2-3-7-19(18)24/h2-12H,14H2,1H3,(H,26,27)/b16-11+. The number of benzene rings is 2. The van der Waals surface area contributed by atoms with E-state index in [4.69, 9.17) is 13.9 Å². The number of esters is 1. The Kier molecular flexibility index (Phi) is 6.81. The summed E-state index contributed by atoms with van der Waals surface area (Å²) in [6.45, 7) is 0.138. The summed E-state index contributed by atoms with van der Waals surface area (Å²) in [7, 11) is 1.37. The van der Waals surface area contributed by atoms with E-state index in [9.17, 15) is 19.2 Å². The molecule has 2 aromatic carbocycles. The predicted molar refractivity (Wildman–Crippen MR) is 108 cm³/mol. The number of hydrogen-bond donors (Lipinski definition) is 1. The molecule has 0 aliphatic heterocycles. The first-order chi connectivity index (χ1) is 15.0. The number of amides is 1. The third-order valence-corrected chi connectivity index (χ3v) is 4.16. The fourth-order valence-electron chi connectivity index (χ4n) is 2.63. The highest BCUT2D eigenvalue weighted by Crippen LogP contribution is 2.30. The van der Waals surface area contributed by atoms with E-state index in [-0.39, 0.29) is 29.2 Å². The first-order valence-corrected chi connectivity index (χ1v) is 9.09. The van der Waals surface area contributed by atoms with Crippen LogP contribution in [-0.2, 0) is 11.3 Å². The topological polar surface area (TPSA) is 102 Å². The Morgan fingerprint density at radius 3 is 2.65 bits per heavy atom. The number of rotatable bonds is 7. The van der Waals surface area contributed by atoms with Crippen LogP contribution in [-0.4, -0.2) is 19.0 Å². The second-order valence-electron chi connectivity index (χ2n) is 6.21. The van der Waals surface area contributed by atoms with Gasteiger partial charge >= 0.3 is 5.97 Å². The van der Waals surface area contributed by atoms with E-state index in [0.717, 1.165) is 6.07 Å². The van der Waals surface area contributed by atoms with Crippen LogP contribution < -0.4 is 14.8 Å². The summed E-state index contributed by atoms with van der Waals surface area (Å²) in [5.74, 6) is -1.37. The molecule has 0 bridgehead atoms. The smallest absolute Gasteiger partial charge is 0.346 e. The Bertz CT molecular complexity index is 1160. The fraction of sp³-hybridized carbons (Fsp3) is 0.0870. The lowest BCUT2D eigenvalue weighted by Crippen LogP contribution is -2.23. The molecule has 1 amide bonds. The lowest BCUT2D eigenvalue weighted by Gasteiger charge is -2.10. The summed E-state index contributed by atoms with van der Waals surface area (Å²) < 4.78 is 29.4. The monoisotopic (exact) mass is 420 g/mol. The minimum Gasteiger partial charge on any atom is -0.493 e. The molecule has 0 atom stereocenters. The molecule has 0 saturated heterocycles. The van der Waals surface area contributed by atoms with E-state index in [1.54, 1.807) is 12.1 Å². The van der Waals surface area contributed by atoms with Gasteiger partial charge in [-0.1, -0.05) is 18.2 Å². The van der Waals surface area contributed by atoms with Crippen LogP contribution in [0.1, 0.15) is 21.7 Å². The zero-order valence-corrected chi connectivity index (χ0v) is 16.4. The van der Waals surface area contributed by atoms with E-state index in [1.165, 1.54) is 55.8 Å². The summed E-state index contributed by atoms with van der Waals surface area (Å²) >= 11 is 0. The number of nitrogens with one attached hydrogen (secondary N) is 1. The summed E-state index contributed by atoms with van der Waals surface area (Å²) in [4.78, 5) is 24.5. The maximum absolute atomic E-state index is 13.8. The largest absolute Gasteiger partial charge is 0.493 e. The van der Waals surface area contributed by atoms with Gasteiger partial charge in [0.05, 0.1) is 25.5 Å². The number of nitriles is 1. The Balaban J connectivity index is 1.76. The normalized spacial score (nSPS) is 10.8. The molecule has 31 heavy (non-hydrogen) atoms. The number of hydrogen-bond acceptors (Lipinski definition) is 6. The van der Waals surface area contributed by atoms with Gasteiger partial charge < -0.3 is 19.2 Å². The van der Waals surface area contributed by atoms with Crippen molar-refractivity contribution in [1.29, 1.82) is 5.26 Å². The molecule has 1 N–H and O–H groups in total. The maximum atomic E-state index is 13.8. The first-order valence-electron chi connectivity index (χ1n) is 9.09. The molecule has 0 aliphatic carbocycles. The lowest BCUT2D eigenvalue weighted by molar-refractivity contribution is -0.117. The molecule has 0 radical (unpaired) electrons. The van der Waals surface area contributed by atoms with E-state index in [1.807, 2.05) is 6.07 Å². The van der Waals surface area contributed by atoms with Crippen molar-refractivity contribution >= 4 is 18.0 Å². The van der Waals surface area contributed by atoms with Crippen LogP contribution in [0.4, 0.5) is 4.39 Å². The lowest BCUT2D eigenvalue weighted by atomic mass is 10.1. The quantitative estimate of drug-likeness (QED) is 0.269. The van der Waals surface area contributed by atoms with Gasteiger partial charge in [0.1, 0.15) is 23.2 Å². The van der Waals surface area contributed by atoms with E-state index in [2.05, 4.69) is 5.32 Å². The zero-order chi connectivity index (χ0) is 22.2. The Morgan fingerprint density at radius 2 is 1.97 bits per heavy atom. The molecule has 0 fully saturated rings. The SMILES string of the molecule is COc1cc(/C=C(\C#N)C(=O)NCc2ccco2)ccc1OC(=O)c1ccccc1F. The molecule has 3 aromatic rings. The van der Waals surface area contributed by atoms with Gasteiger partial charge in [-0.15, -0.1) is 0 Å². The average Bonchev–Trinajstić information content (AvgIpc) is 3.30. The van der Waals surface area contributed by atoms with E-state index >= 15 is 0 Å². The van der Waals surface area contributed by atoms with Gasteiger partial charge in [-0.2, -0.15) is 5.26 Å². The second-order valence-corrected chi connectivity index (χ2v) is 6.21. The van der Waals surface area contributed by atoms with Crippen molar-refractivity contribution in [2.24, 2.45) is 0 Å². The number of carbonyl (C=O) groups excluding carboxylic acids is 2. The Hall–Kier alpha value is -4.38. The van der Waals surface area contributed by atoms with Gasteiger partial charge in [0.15, 0.2) is 11.5 Å². The molecule has 156 valence electrons. The summed E-state index contributed by atoms with van der Waals surface area (Å²) in [5, 5.41) is 11.9. The van der Waals surface area contributed by atoms with Crippen LogP contribution in [0.5, 0.6) is 11.5 Å². The molecule has 0 saturated carbocycles. The van der Waals surface area contributed by atoms with Crippen molar-refractivity contribution < 1.29 is 27.9 Å². The van der Waals surface area contributed by atoms with Gasteiger partial charge in [0, 0.05) is 0 Å². The van der Waals surface area contributed by atoms with Crippen LogP contribution >= 0.6 is 0 Å². The van der Waals surface area contributed by atoms with Crippen LogP contribution in [0.2, 0.25) is 0 Å². The maximum Gasteiger partial charge on any atom is 0.346 e. The number of ether oxygens (including phenoxy) is 2. The average molecular weight is 420 g/mol. The number of carbonyl (C=O) groups is 2. The highest BCUT2D eigenvalue weighted by atomic mass is 19.1. The van der Waals surface area contributed by atoms with Gasteiger partial charge in [-0.3, -0.25) is 4.79 Å². The minimum atomic E-state index is -0.880. The molecule has 0 aliphatic rings. The molecule has 7 nitrogen and oxygen atoms in total. The van der Waals surface area contributed by atoms with Crippen LogP contribution in [0.25, 0.3) is 6.08 Å². The van der Waals surface area contributed by atoms with E-state index in [0.29, 0.717) is 11.3 Å². The minimum absolute atomic E-state index is 0.0636. The molecule has 1 heterocycles. The molecular formula is C23H17FN2O5. The molecule has 0 spiro atoms.